The van der Waals surface area contributed by atoms with Gasteiger partial charge in [-0.25, -0.2) is 9.97 Å². The van der Waals surface area contributed by atoms with Crippen molar-refractivity contribution in [2.75, 3.05) is 7.05 Å². The van der Waals surface area contributed by atoms with Crippen LogP contribution in [0, 0.1) is 6.92 Å². The van der Waals surface area contributed by atoms with Crippen molar-refractivity contribution in [3.05, 3.63) is 83.9 Å². The summed E-state index contributed by atoms with van der Waals surface area (Å²) >= 11 is 0. The minimum atomic E-state index is -0.0947. The van der Waals surface area contributed by atoms with E-state index in [0.717, 1.165) is 17.1 Å². The highest BCUT2D eigenvalue weighted by Gasteiger charge is 2.15. The Balaban J connectivity index is 1.65. The Bertz CT molecular complexity index is 848. The summed E-state index contributed by atoms with van der Waals surface area (Å²) in [5.41, 5.74) is 2.22. The summed E-state index contributed by atoms with van der Waals surface area (Å²) in [5.74, 6) is 1.46. The van der Waals surface area contributed by atoms with E-state index >= 15 is 0 Å². The van der Waals surface area contributed by atoms with Gasteiger partial charge in [0.15, 0.2) is 0 Å². The lowest BCUT2D eigenvalue weighted by molar-refractivity contribution is 0.0783. The van der Waals surface area contributed by atoms with Crippen LogP contribution in [0.3, 0.4) is 0 Å². The van der Waals surface area contributed by atoms with Crippen molar-refractivity contribution in [1.29, 1.82) is 0 Å². The fraction of sp³-hybridized carbons (Fsp3) is 0.150. The highest BCUT2D eigenvalue weighted by atomic mass is 16.5. The molecule has 0 aliphatic heterocycles. The Labute approximate surface area is 146 Å². The van der Waals surface area contributed by atoms with Crippen molar-refractivity contribution in [3.63, 3.8) is 0 Å². The molecule has 0 saturated heterocycles. The number of ether oxygens (including phenoxy) is 1. The van der Waals surface area contributed by atoms with Crippen LogP contribution in [0.1, 0.15) is 21.6 Å². The van der Waals surface area contributed by atoms with Crippen LogP contribution >= 0.6 is 0 Å². The lowest BCUT2D eigenvalue weighted by Gasteiger charge is -2.18. The molecule has 3 rings (SSSR count). The van der Waals surface area contributed by atoms with Gasteiger partial charge in [-0.15, -0.1) is 0 Å². The van der Waals surface area contributed by atoms with E-state index in [1.807, 2.05) is 54.6 Å². The number of benzene rings is 2. The standard InChI is InChI=1S/C20H19N3O2/c1-15-19(12-21-14-22-15)20(24)23(2)13-16-8-10-18(11-9-16)25-17-6-4-3-5-7-17/h3-12,14H,13H2,1-2H3. The first kappa shape index (κ1) is 16.6. The molecule has 2 aromatic carbocycles. The molecule has 0 spiro atoms. The molecular formula is C20H19N3O2. The first-order valence-electron chi connectivity index (χ1n) is 7.97. The van der Waals surface area contributed by atoms with E-state index in [9.17, 15) is 4.79 Å². The van der Waals surface area contributed by atoms with Crippen molar-refractivity contribution >= 4 is 5.91 Å². The molecule has 5 nitrogen and oxygen atoms in total. The number of carbonyl (C=O) groups is 1. The van der Waals surface area contributed by atoms with Gasteiger partial charge in [0.25, 0.3) is 5.91 Å². The Hall–Kier alpha value is -3.21. The normalized spacial score (nSPS) is 10.3. The molecule has 0 aliphatic carbocycles. The molecule has 1 heterocycles. The third-order valence-electron chi connectivity index (χ3n) is 3.81. The van der Waals surface area contributed by atoms with E-state index in [2.05, 4.69) is 9.97 Å². The zero-order valence-electron chi connectivity index (χ0n) is 14.2. The van der Waals surface area contributed by atoms with E-state index in [-0.39, 0.29) is 5.91 Å². The van der Waals surface area contributed by atoms with Gasteiger partial charge < -0.3 is 9.64 Å². The van der Waals surface area contributed by atoms with Crippen molar-refractivity contribution in [2.24, 2.45) is 0 Å². The average Bonchev–Trinajstić information content (AvgIpc) is 2.64. The first-order valence-corrected chi connectivity index (χ1v) is 7.97. The quantitative estimate of drug-likeness (QED) is 0.712. The van der Waals surface area contributed by atoms with Gasteiger partial charge in [-0.05, 0) is 36.8 Å². The molecule has 0 bridgehead atoms. The van der Waals surface area contributed by atoms with Crippen molar-refractivity contribution < 1.29 is 9.53 Å². The van der Waals surface area contributed by atoms with Gasteiger partial charge in [0, 0.05) is 19.8 Å². The minimum absolute atomic E-state index is 0.0947. The highest BCUT2D eigenvalue weighted by Crippen LogP contribution is 2.21. The summed E-state index contributed by atoms with van der Waals surface area (Å²) in [6.45, 7) is 2.30. The number of rotatable bonds is 5. The second kappa shape index (κ2) is 7.57. The summed E-state index contributed by atoms with van der Waals surface area (Å²) in [6, 6.07) is 17.3. The molecule has 0 aliphatic rings. The van der Waals surface area contributed by atoms with Crippen molar-refractivity contribution in [1.82, 2.24) is 14.9 Å². The maximum absolute atomic E-state index is 12.5. The van der Waals surface area contributed by atoms with Gasteiger partial charge >= 0.3 is 0 Å². The van der Waals surface area contributed by atoms with E-state index in [0.29, 0.717) is 17.8 Å². The minimum Gasteiger partial charge on any atom is -0.457 e. The van der Waals surface area contributed by atoms with E-state index in [1.54, 1.807) is 25.1 Å². The Morgan fingerprint density at radius 1 is 1.04 bits per heavy atom. The molecule has 0 N–H and O–H groups in total. The number of aryl methyl sites for hydroxylation is 1. The molecule has 25 heavy (non-hydrogen) atoms. The Morgan fingerprint density at radius 2 is 1.72 bits per heavy atom. The predicted molar refractivity (Wildman–Crippen MR) is 95.5 cm³/mol. The number of carbonyl (C=O) groups excluding carboxylic acids is 1. The fourth-order valence-corrected chi connectivity index (χ4v) is 2.44. The molecule has 1 amide bonds. The van der Waals surface area contributed by atoms with Crippen LogP contribution in [0.2, 0.25) is 0 Å². The number of para-hydroxylation sites is 1. The number of aromatic nitrogens is 2. The molecule has 0 saturated carbocycles. The zero-order chi connectivity index (χ0) is 17.6. The molecule has 0 unspecified atom stereocenters. The maximum Gasteiger partial charge on any atom is 0.257 e. The van der Waals surface area contributed by atoms with Gasteiger partial charge in [0.05, 0.1) is 11.3 Å². The SMILES string of the molecule is Cc1ncncc1C(=O)N(C)Cc1ccc(Oc2ccccc2)cc1. The largest absolute Gasteiger partial charge is 0.457 e. The van der Waals surface area contributed by atoms with Gasteiger partial charge in [-0.3, -0.25) is 4.79 Å². The molecule has 0 fully saturated rings. The van der Waals surface area contributed by atoms with Crippen LogP contribution in [0.5, 0.6) is 11.5 Å². The summed E-state index contributed by atoms with van der Waals surface area (Å²) in [4.78, 5) is 22.1. The van der Waals surface area contributed by atoms with Crippen LogP contribution in [0.15, 0.2) is 67.1 Å². The first-order chi connectivity index (χ1) is 12.1. The molecule has 0 radical (unpaired) electrons. The van der Waals surface area contributed by atoms with Gasteiger partial charge in [-0.2, -0.15) is 0 Å². The second-order valence-electron chi connectivity index (χ2n) is 5.74. The van der Waals surface area contributed by atoms with Crippen LogP contribution in [-0.4, -0.2) is 27.8 Å². The van der Waals surface area contributed by atoms with Gasteiger partial charge in [0.1, 0.15) is 17.8 Å². The average molecular weight is 333 g/mol. The summed E-state index contributed by atoms with van der Waals surface area (Å²) < 4.78 is 5.77. The lowest BCUT2D eigenvalue weighted by Crippen LogP contribution is -2.27. The second-order valence-corrected chi connectivity index (χ2v) is 5.74. The highest BCUT2D eigenvalue weighted by molar-refractivity contribution is 5.94. The summed E-state index contributed by atoms with van der Waals surface area (Å²) in [7, 11) is 1.77. The molecule has 0 atom stereocenters. The molecule has 3 aromatic rings. The van der Waals surface area contributed by atoms with Crippen LogP contribution in [0.4, 0.5) is 0 Å². The molecule has 5 heteroatoms. The Kier molecular flexibility index (Phi) is 5.04. The van der Waals surface area contributed by atoms with Crippen LogP contribution in [-0.2, 0) is 6.54 Å². The Morgan fingerprint density at radius 3 is 2.40 bits per heavy atom. The third kappa shape index (κ3) is 4.20. The summed E-state index contributed by atoms with van der Waals surface area (Å²) in [6.07, 6.45) is 3.00. The topological polar surface area (TPSA) is 55.3 Å². The van der Waals surface area contributed by atoms with Gasteiger partial charge in [0.2, 0.25) is 0 Å². The lowest BCUT2D eigenvalue weighted by atomic mass is 10.1. The molecule has 1 aromatic heterocycles. The number of amides is 1. The van der Waals surface area contributed by atoms with Crippen LogP contribution < -0.4 is 4.74 Å². The number of hydrogen-bond donors (Lipinski definition) is 0. The zero-order valence-corrected chi connectivity index (χ0v) is 14.2. The third-order valence-corrected chi connectivity index (χ3v) is 3.81. The van der Waals surface area contributed by atoms with Crippen LogP contribution in [0.25, 0.3) is 0 Å². The van der Waals surface area contributed by atoms with Crippen molar-refractivity contribution in [2.45, 2.75) is 13.5 Å². The van der Waals surface area contributed by atoms with E-state index in [4.69, 9.17) is 4.74 Å². The van der Waals surface area contributed by atoms with E-state index < -0.39 is 0 Å². The van der Waals surface area contributed by atoms with Crippen molar-refractivity contribution in [3.8, 4) is 11.5 Å². The monoisotopic (exact) mass is 333 g/mol. The number of nitrogens with zero attached hydrogens (tertiary/aromatic N) is 3. The molecule has 126 valence electrons. The summed E-state index contributed by atoms with van der Waals surface area (Å²) in [5, 5.41) is 0. The molecular weight excluding hydrogens is 314 g/mol. The van der Waals surface area contributed by atoms with E-state index in [1.165, 1.54) is 6.33 Å². The predicted octanol–water partition coefficient (Wildman–Crippen LogP) is 3.85. The fourth-order valence-electron chi connectivity index (χ4n) is 2.44. The van der Waals surface area contributed by atoms with Gasteiger partial charge in [-0.1, -0.05) is 30.3 Å². The smallest absolute Gasteiger partial charge is 0.257 e. The maximum atomic E-state index is 12.5. The number of hydrogen-bond acceptors (Lipinski definition) is 4.